The Bertz CT molecular complexity index is 1050. The zero-order valence-corrected chi connectivity index (χ0v) is 17.8. The fraction of sp³-hybridized carbons (Fsp3) is 0.160. The van der Waals surface area contributed by atoms with Gasteiger partial charge >= 0.3 is 6.09 Å². The van der Waals surface area contributed by atoms with Crippen molar-refractivity contribution in [1.29, 1.82) is 0 Å². The number of ether oxygens (including phenoxy) is 1. The fourth-order valence-corrected chi connectivity index (χ4v) is 4.14. The summed E-state index contributed by atoms with van der Waals surface area (Å²) >= 11 is 12.2. The van der Waals surface area contributed by atoms with E-state index < -0.39 is 6.09 Å². The molecule has 0 fully saturated rings. The van der Waals surface area contributed by atoms with Crippen molar-refractivity contribution in [3.8, 4) is 11.1 Å². The van der Waals surface area contributed by atoms with Crippen LogP contribution < -0.4 is 5.32 Å². The molecule has 3 aromatic carbocycles. The number of halogens is 2. The lowest BCUT2D eigenvalue weighted by Crippen LogP contribution is -2.26. The predicted octanol–water partition coefficient (Wildman–Crippen LogP) is 6.94. The molecule has 1 aliphatic rings. The van der Waals surface area contributed by atoms with Crippen LogP contribution >= 0.6 is 23.2 Å². The van der Waals surface area contributed by atoms with E-state index in [1.54, 1.807) is 6.07 Å². The number of carbonyl (C=O) groups excluding carboxylic acids is 1. The number of nitrogens with one attached hydrogen (secondary N) is 1. The summed E-state index contributed by atoms with van der Waals surface area (Å²) in [4.78, 5) is 12.2. The molecule has 0 saturated heterocycles. The number of hydrogen-bond acceptors (Lipinski definition) is 2. The van der Waals surface area contributed by atoms with Crippen molar-refractivity contribution in [1.82, 2.24) is 5.32 Å². The molecule has 0 aromatic heterocycles. The largest absolute Gasteiger partial charge is 0.449 e. The normalized spacial score (nSPS) is 12.6. The highest BCUT2D eigenvalue weighted by atomic mass is 35.5. The minimum Gasteiger partial charge on any atom is -0.449 e. The molecule has 1 amide bonds. The first kappa shape index (κ1) is 20.5. The summed E-state index contributed by atoms with van der Waals surface area (Å²) in [5.74, 6) is 0.0630. The molecule has 0 radical (unpaired) electrons. The molecule has 30 heavy (non-hydrogen) atoms. The third-order valence-corrected chi connectivity index (χ3v) is 6.04. The van der Waals surface area contributed by atoms with E-state index in [2.05, 4.69) is 29.6 Å². The molecule has 152 valence electrons. The minimum atomic E-state index is -0.411. The number of alkyl carbamates (subject to hydrolysis) is 1. The molecular formula is C25H21Cl2NO2. The number of benzene rings is 3. The number of fused-ring (bicyclic) bond motifs is 3. The van der Waals surface area contributed by atoms with E-state index in [0.717, 1.165) is 5.56 Å². The van der Waals surface area contributed by atoms with Crippen molar-refractivity contribution in [2.24, 2.45) is 0 Å². The second kappa shape index (κ2) is 9.38. The van der Waals surface area contributed by atoms with Gasteiger partial charge in [-0.25, -0.2) is 4.79 Å². The fourth-order valence-electron chi connectivity index (χ4n) is 3.77. The van der Waals surface area contributed by atoms with Crippen molar-refractivity contribution in [3.63, 3.8) is 0 Å². The standard InChI is InChI=1S/C25H21Cl2NO2/c26-23-14-7-9-17(24(23)27)8-5-6-15-28-25(29)30-16-22-20-12-3-1-10-18(20)19-11-2-4-13-21(19)22/h1-5,7-14,22H,6,15-16H2,(H,28,29). The quantitative estimate of drug-likeness (QED) is 0.424. The van der Waals surface area contributed by atoms with Gasteiger partial charge in [-0.15, -0.1) is 0 Å². The van der Waals surface area contributed by atoms with Gasteiger partial charge in [0.15, 0.2) is 0 Å². The Labute approximate surface area is 186 Å². The Morgan fingerprint density at radius 1 is 0.933 bits per heavy atom. The summed E-state index contributed by atoms with van der Waals surface area (Å²) in [6.07, 6.45) is 4.09. The van der Waals surface area contributed by atoms with Gasteiger partial charge in [-0.1, -0.05) is 96.0 Å². The van der Waals surface area contributed by atoms with Crippen LogP contribution in [-0.2, 0) is 4.74 Å². The van der Waals surface area contributed by atoms with Crippen LogP contribution in [-0.4, -0.2) is 19.2 Å². The monoisotopic (exact) mass is 437 g/mol. The first-order valence-corrected chi connectivity index (χ1v) is 10.6. The minimum absolute atomic E-state index is 0.0630. The van der Waals surface area contributed by atoms with E-state index in [9.17, 15) is 4.79 Å². The van der Waals surface area contributed by atoms with Crippen molar-refractivity contribution in [2.75, 3.05) is 13.2 Å². The maximum absolute atomic E-state index is 12.2. The van der Waals surface area contributed by atoms with E-state index in [4.69, 9.17) is 27.9 Å². The third kappa shape index (κ3) is 4.38. The van der Waals surface area contributed by atoms with Crippen molar-refractivity contribution < 1.29 is 9.53 Å². The Hall–Kier alpha value is -2.75. The van der Waals surface area contributed by atoms with Crippen LogP contribution in [0.4, 0.5) is 4.79 Å². The summed E-state index contributed by atoms with van der Waals surface area (Å²) in [5.41, 5.74) is 5.69. The van der Waals surface area contributed by atoms with E-state index in [-0.39, 0.29) is 5.92 Å². The summed E-state index contributed by atoms with van der Waals surface area (Å²) in [5, 5.41) is 3.85. The zero-order valence-electron chi connectivity index (χ0n) is 16.3. The van der Waals surface area contributed by atoms with Crippen LogP contribution in [0.5, 0.6) is 0 Å². The number of hydrogen-bond donors (Lipinski definition) is 1. The van der Waals surface area contributed by atoms with Gasteiger partial charge in [-0.3, -0.25) is 0 Å². The molecule has 0 atom stereocenters. The van der Waals surface area contributed by atoms with E-state index in [0.29, 0.717) is 29.6 Å². The summed E-state index contributed by atoms with van der Waals surface area (Å²) in [7, 11) is 0. The Kier molecular flexibility index (Phi) is 6.41. The van der Waals surface area contributed by atoms with Gasteiger partial charge in [0.1, 0.15) is 6.61 Å². The van der Waals surface area contributed by atoms with Crippen molar-refractivity contribution in [2.45, 2.75) is 12.3 Å². The predicted molar refractivity (Wildman–Crippen MR) is 123 cm³/mol. The molecule has 0 spiro atoms. The van der Waals surface area contributed by atoms with Crippen LogP contribution in [0, 0.1) is 0 Å². The number of amides is 1. The molecule has 0 unspecified atom stereocenters. The number of rotatable bonds is 6. The molecule has 1 aliphatic carbocycles. The van der Waals surface area contributed by atoms with Crippen LogP contribution in [0.15, 0.2) is 72.8 Å². The summed E-state index contributed by atoms with van der Waals surface area (Å²) in [6, 6.07) is 22.1. The molecule has 5 heteroatoms. The SMILES string of the molecule is O=C(NCCC=Cc1cccc(Cl)c1Cl)OCC1c2ccccc2-c2ccccc21. The highest BCUT2D eigenvalue weighted by molar-refractivity contribution is 6.42. The second-order valence-corrected chi connectivity index (χ2v) is 7.87. The highest BCUT2D eigenvalue weighted by Gasteiger charge is 2.28. The summed E-state index contributed by atoms with van der Waals surface area (Å²) in [6.45, 7) is 0.791. The Morgan fingerprint density at radius 2 is 1.60 bits per heavy atom. The molecule has 3 aromatic rings. The molecule has 0 bridgehead atoms. The number of carbonyl (C=O) groups is 1. The third-order valence-electron chi connectivity index (χ3n) is 5.20. The molecule has 4 rings (SSSR count). The first-order chi connectivity index (χ1) is 14.6. The molecular weight excluding hydrogens is 417 g/mol. The Balaban J connectivity index is 1.28. The lowest BCUT2D eigenvalue weighted by Gasteiger charge is -2.14. The van der Waals surface area contributed by atoms with Gasteiger partial charge in [0.2, 0.25) is 0 Å². The van der Waals surface area contributed by atoms with Crippen LogP contribution in [0.1, 0.15) is 29.0 Å². The second-order valence-electron chi connectivity index (χ2n) is 7.09. The molecule has 0 heterocycles. The van der Waals surface area contributed by atoms with E-state index in [1.807, 2.05) is 48.6 Å². The van der Waals surface area contributed by atoms with E-state index >= 15 is 0 Å². The summed E-state index contributed by atoms with van der Waals surface area (Å²) < 4.78 is 5.53. The van der Waals surface area contributed by atoms with Gasteiger partial charge in [-0.05, 0) is 40.3 Å². The van der Waals surface area contributed by atoms with Crippen LogP contribution in [0.25, 0.3) is 17.2 Å². The van der Waals surface area contributed by atoms with Gasteiger partial charge in [0.05, 0.1) is 10.0 Å². The highest BCUT2D eigenvalue weighted by Crippen LogP contribution is 2.44. The molecule has 0 aliphatic heterocycles. The van der Waals surface area contributed by atoms with Crippen LogP contribution in [0.3, 0.4) is 0 Å². The maximum atomic E-state index is 12.2. The maximum Gasteiger partial charge on any atom is 0.407 e. The van der Waals surface area contributed by atoms with Gasteiger partial charge < -0.3 is 10.1 Å². The topological polar surface area (TPSA) is 38.3 Å². The molecule has 0 saturated carbocycles. The first-order valence-electron chi connectivity index (χ1n) is 9.84. The van der Waals surface area contributed by atoms with Crippen molar-refractivity contribution in [3.05, 3.63) is 99.5 Å². The lowest BCUT2D eigenvalue weighted by molar-refractivity contribution is 0.143. The van der Waals surface area contributed by atoms with Gasteiger partial charge in [0, 0.05) is 12.5 Å². The van der Waals surface area contributed by atoms with Gasteiger partial charge in [-0.2, -0.15) is 0 Å². The van der Waals surface area contributed by atoms with Crippen molar-refractivity contribution >= 4 is 35.4 Å². The van der Waals surface area contributed by atoms with Crippen LogP contribution in [0.2, 0.25) is 10.0 Å². The van der Waals surface area contributed by atoms with Gasteiger partial charge in [0.25, 0.3) is 0 Å². The Morgan fingerprint density at radius 3 is 2.30 bits per heavy atom. The van der Waals surface area contributed by atoms with E-state index in [1.165, 1.54) is 22.3 Å². The smallest absolute Gasteiger partial charge is 0.407 e. The lowest BCUT2D eigenvalue weighted by atomic mass is 9.98. The average molecular weight is 438 g/mol. The average Bonchev–Trinajstić information content (AvgIpc) is 3.09. The molecule has 1 N–H and O–H groups in total. The molecule has 3 nitrogen and oxygen atoms in total. The zero-order chi connectivity index (χ0) is 20.9.